The van der Waals surface area contributed by atoms with Crippen LogP contribution in [0.2, 0.25) is 0 Å². The van der Waals surface area contributed by atoms with Gasteiger partial charge in [0.1, 0.15) is 0 Å². The number of nitrogens with one attached hydrogen (secondary N) is 2. The number of hydrogen-bond donors (Lipinski definition) is 2. The van der Waals surface area contributed by atoms with Crippen LogP contribution < -0.4 is 20.1 Å². The minimum absolute atomic E-state index is 0.0713. The maximum atomic E-state index is 12.1. The Balaban J connectivity index is 1.17. The van der Waals surface area contributed by atoms with E-state index in [2.05, 4.69) is 27.7 Å². The molecular formula is C22H25N3O5. The van der Waals surface area contributed by atoms with Crippen LogP contribution in [-0.2, 0) is 14.3 Å². The van der Waals surface area contributed by atoms with Gasteiger partial charge in [0.05, 0.1) is 12.7 Å². The topological polar surface area (TPSA) is 89.1 Å². The van der Waals surface area contributed by atoms with Gasteiger partial charge in [0.2, 0.25) is 6.79 Å². The van der Waals surface area contributed by atoms with Crippen LogP contribution in [0.25, 0.3) is 0 Å². The van der Waals surface area contributed by atoms with Crippen LogP contribution in [0.4, 0.5) is 5.69 Å². The van der Waals surface area contributed by atoms with Gasteiger partial charge < -0.3 is 24.8 Å². The van der Waals surface area contributed by atoms with Crippen molar-refractivity contribution < 1.29 is 23.8 Å². The first-order valence-corrected chi connectivity index (χ1v) is 10.1. The number of benzene rings is 2. The molecule has 0 bridgehead atoms. The van der Waals surface area contributed by atoms with Crippen molar-refractivity contribution in [3.63, 3.8) is 0 Å². The molecule has 2 N–H and O–H groups in total. The van der Waals surface area contributed by atoms with Crippen molar-refractivity contribution in [1.29, 1.82) is 0 Å². The summed E-state index contributed by atoms with van der Waals surface area (Å²) < 4.78 is 16.4. The van der Waals surface area contributed by atoms with E-state index in [0.29, 0.717) is 30.3 Å². The highest BCUT2D eigenvalue weighted by Crippen LogP contribution is 2.34. The third-order valence-electron chi connectivity index (χ3n) is 5.10. The third-order valence-corrected chi connectivity index (χ3v) is 5.10. The summed E-state index contributed by atoms with van der Waals surface area (Å²) in [5, 5.41) is 5.24. The molecule has 2 aromatic rings. The summed E-state index contributed by atoms with van der Waals surface area (Å²) in [5.74, 6) is -0.191. The Bertz CT molecular complexity index is 890. The minimum Gasteiger partial charge on any atom is -0.454 e. The van der Waals surface area contributed by atoms with E-state index in [0.717, 1.165) is 26.1 Å². The molecule has 0 spiro atoms. The number of fused-ring (bicyclic) bond motifs is 1. The zero-order valence-corrected chi connectivity index (χ0v) is 16.6. The van der Waals surface area contributed by atoms with Crippen LogP contribution >= 0.6 is 0 Å². The molecule has 2 aliphatic heterocycles. The summed E-state index contributed by atoms with van der Waals surface area (Å²) in [6.45, 7) is 3.79. The number of ether oxygens (including phenoxy) is 3. The second-order valence-corrected chi connectivity index (χ2v) is 7.20. The molecule has 2 aromatic carbocycles. The molecule has 2 amide bonds. The molecule has 1 fully saturated rings. The summed E-state index contributed by atoms with van der Waals surface area (Å²) in [4.78, 5) is 26.5. The van der Waals surface area contributed by atoms with Crippen LogP contribution in [0.1, 0.15) is 18.1 Å². The largest absolute Gasteiger partial charge is 0.454 e. The number of anilines is 1. The highest BCUT2D eigenvalue weighted by Gasteiger charge is 2.22. The molecule has 8 nitrogen and oxygen atoms in total. The summed E-state index contributed by atoms with van der Waals surface area (Å²) in [6.07, 6.45) is 0.826. The monoisotopic (exact) mass is 411 g/mol. The lowest BCUT2D eigenvalue weighted by Crippen LogP contribution is -2.41. The highest BCUT2D eigenvalue weighted by molar-refractivity contribution is 6.39. The van der Waals surface area contributed by atoms with Gasteiger partial charge in [-0.15, -0.1) is 0 Å². The Morgan fingerprint density at radius 1 is 1.03 bits per heavy atom. The van der Waals surface area contributed by atoms with Gasteiger partial charge in [-0.25, -0.2) is 0 Å². The van der Waals surface area contributed by atoms with Gasteiger partial charge in [0.15, 0.2) is 11.5 Å². The zero-order valence-electron chi connectivity index (χ0n) is 16.6. The fourth-order valence-corrected chi connectivity index (χ4v) is 3.52. The quantitative estimate of drug-likeness (QED) is 0.558. The van der Waals surface area contributed by atoms with Gasteiger partial charge in [0.25, 0.3) is 0 Å². The molecule has 8 heteroatoms. The highest BCUT2D eigenvalue weighted by atomic mass is 16.7. The average molecular weight is 411 g/mol. The number of carbonyl (C=O) groups is 2. The van der Waals surface area contributed by atoms with Crippen molar-refractivity contribution in [1.82, 2.24) is 10.2 Å². The van der Waals surface area contributed by atoms with Crippen LogP contribution in [0.15, 0.2) is 48.5 Å². The summed E-state index contributed by atoms with van der Waals surface area (Å²) in [7, 11) is 0. The molecule has 2 aliphatic rings. The molecule has 0 radical (unpaired) electrons. The van der Waals surface area contributed by atoms with Gasteiger partial charge in [-0.05, 0) is 24.1 Å². The number of amides is 2. The van der Waals surface area contributed by atoms with Crippen LogP contribution in [-0.4, -0.2) is 56.3 Å². The number of rotatable bonds is 6. The van der Waals surface area contributed by atoms with Gasteiger partial charge in [-0.1, -0.05) is 30.3 Å². The van der Waals surface area contributed by atoms with E-state index < -0.39 is 11.8 Å². The molecule has 0 saturated carbocycles. The molecule has 1 saturated heterocycles. The maximum Gasteiger partial charge on any atom is 0.313 e. The fraction of sp³-hybridized carbons (Fsp3) is 0.364. The number of nitrogens with zero attached hydrogens (tertiary/aromatic N) is 1. The lowest BCUT2D eigenvalue weighted by Gasteiger charge is -2.33. The van der Waals surface area contributed by atoms with Crippen molar-refractivity contribution in [3.05, 3.63) is 54.1 Å². The van der Waals surface area contributed by atoms with Gasteiger partial charge in [-0.3, -0.25) is 14.5 Å². The molecule has 0 aliphatic carbocycles. The third kappa shape index (κ3) is 5.08. The molecular weight excluding hydrogens is 386 g/mol. The van der Waals surface area contributed by atoms with Gasteiger partial charge >= 0.3 is 11.8 Å². The van der Waals surface area contributed by atoms with E-state index in [9.17, 15) is 9.59 Å². The number of carbonyl (C=O) groups excluding carboxylic acids is 2. The van der Waals surface area contributed by atoms with Crippen LogP contribution in [0.5, 0.6) is 11.5 Å². The predicted octanol–water partition coefficient (Wildman–Crippen LogP) is 1.93. The second-order valence-electron chi connectivity index (χ2n) is 7.20. The van der Waals surface area contributed by atoms with Crippen LogP contribution in [0.3, 0.4) is 0 Å². The molecule has 1 atom stereocenters. The second kappa shape index (κ2) is 9.60. The Hall–Kier alpha value is -3.10. The average Bonchev–Trinajstić information content (AvgIpc) is 3.25. The molecule has 30 heavy (non-hydrogen) atoms. The SMILES string of the molecule is O=C(NCCCN1CCO[C@@H](c2ccccc2)C1)C(=O)Nc1ccc2c(c1)OCO2. The number of hydrogen-bond acceptors (Lipinski definition) is 6. The molecule has 0 aromatic heterocycles. The summed E-state index contributed by atoms with van der Waals surface area (Å²) in [5.41, 5.74) is 1.66. The molecule has 4 rings (SSSR count). The Morgan fingerprint density at radius 2 is 1.87 bits per heavy atom. The zero-order chi connectivity index (χ0) is 20.8. The minimum atomic E-state index is -0.704. The van der Waals surface area contributed by atoms with E-state index in [4.69, 9.17) is 14.2 Å². The van der Waals surface area contributed by atoms with Gasteiger partial charge in [0, 0.05) is 37.9 Å². The normalized spacial score (nSPS) is 18.1. The fourth-order valence-electron chi connectivity index (χ4n) is 3.52. The predicted molar refractivity (Wildman–Crippen MR) is 110 cm³/mol. The van der Waals surface area contributed by atoms with E-state index in [-0.39, 0.29) is 12.9 Å². The van der Waals surface area contributed by atoms with Crippen molar-refractivity contribution in [2.24, 2.45) is 0 Å². The number of morpholine rings is 1. The first kappa shape index (κ1) is 20.2. The van der Waals surface area contributed by atoms with Crippen molar-refractivity contribution >= 4 is 17.5 Å². The summed E-state index contributed by atoms with van der Waals surface area (Å²) >= 11 is 0. The van der Waals surface area contributed by atoms with Crippen molar-refractivity contribution in [3.8, 4) is 11.5 Å². The molecule has 2 heterocycles. The van der Waals surface area contributed by atoms with Crippen LogP contribution in [0, 0.1) is 0 Å². The maximum absolute atomic E-state index is 12.1. The van der Waals surface area contributed by atoms with E-state index in [1.807, 2.05) is 18.2 Å². The smallest absolute Gasteiger partial charge is 0.313 e. The lowest BCUT2D eigenvalue weighted by atomic mass is 10.1. The van der Waals surface area contributed by atoms with E-state index in [1.165, 1.54) is 5.56 Å². The Morgan fingerprint density at radius 3 is 2.73 bits per heavy atom. The van der Waals surface area contributed by atoms with E-state index in [1.54, 1.807) is 18.2 Å². The first-order valence-electron chi connectivity index (χ1n) is 10.1. The molecule has 158 valence electrons. The summed E-state index contributed by atoms with van der Waals surface area (Å²) in [6, 6.07) is 15.2. The lowest BCUT2D eigenvalue weighted by molar-refractivity contribution is -0.136. The van der Waals surface area contributed by atoms with Gasteiger partial charge in [-0.2, -0.15) is 0 Å². The Kier molecular flexibility index (Phi) is 6.46. The molecule has 0 unspecified atom stereocenters. The van der Waals surface area contributed by atoms with Crippen molar-refractivity contribution in [2.45, 2.75) is 12.5 Å². The Labute approximate surface area is 175 Å². The van der Waals surface area contributed by atoms with Crippen molar-refractivity contribution in [2.75, 3.05) is 44.9 Å². The first-order chi connectivity index (χ1) is 14.7. The van der Waals surface area contributed by atoms with E-state index >= 15 is 0 Å². The standard InChI is InChI=1S/C22H25N3O5/c26-21(22(27)24-17-7-8-18-19(13-17)30-15-29-18)23-9-4-10-25-11-12-28-20(14-25)16-5-2-1-3-6-16/h1-3,5-8,13,20H,4,9-12,14-15H2,(H,23,26)(H,24,27)/t20-/m1/s1.